The third-order valence-corrected chi connectivity index (χ3v) is 7.08. The van der Waals surface area contributed by atoms with Crippen molar-refractivity contribution in [1.29, 1.82) is 0 Å². The summed E-state index contributed by atoms with van der Waals surface area (Å²) in [5, 5.41) is 0. The second-order valence-electron chi connectivity index (χ2n) is 8.83. The smallest absolute Gasteiger partial charge is 0.338 e. The highest BCUT2D eigenvalue weighted by Gasteiger charge is 2.39. The molecule has 0 aliphatic carbocycles. The van der Waals surface area contributed by atoms with Crippen molar-refractivity contribution in [3.05, 3.63) is 109 Å². The van der Waals surface area contributed by atoms with Gasteiger partial charge in [-0.25, -0.2) is 9.79 Å². The van der Waals surface area contributed by atoms with Gasteiger partial charge in [0.1, 0.15) is 18.1 Å². The fourth-order valence-corrected chi connectivity index (χ4v) is 5.46. The van der Waals surface area contributed by atoms with Gasteiger partial charge < -0.3 is 18.9 Å². The molecule has 0 bridgehead atoms. The average Bonchev–Trinajstić information content (AvgIpc) is 3.49. The maximum atomic E-state index is 13.8. The van der Waals surface area contributed by atoms with E-state index in [1.807, 2.05) is 30.3 Å². The molecule has 5 rings (SSSR count). The highest BCUT2D eigenvalue weighted by molar-refractivity contribution is 7.07. The molecular weight excluding hydrogens is 520 g/mol. The SMILES string of the molecule is CCOC(=O)C1=C(C)N=c2sc(=Cc3ccccc3OC(C)=O)c(=O)n2C1C1=COC(Cc2ccccc2)O1. The third-order valence-electron chi connectivity index (χ3n) is 6.09. The molecule has 2 aromatic carbocycles. The number of esters is 2. The van der Waals surface area contributed by atoms with Crippen LogP contribution in [0.25, 0.3) is 6.08 Å². The number of hydrogen-bond acceptors (Lipinski definition) is 9. The zero-order chi connectivity index (χ0) is 27.5. The molecule has 1 aromatic heterocycles. The van der Waals surface area contributed by atoms with E-state index in [1.165, 1.54) is 17.8 Å². The summed E-state index contributed by atoms with van der Waals surface area (Å²) in [4.78, 5) is 43.4. The van der Waals surface area contributed by atoms with Crippen LogP contribution in [-0.2, 0) is 30.2 Å². The predicted molar refractivity (Wildman–Crippen MR) is 143 cm³/mol. The van der Waals surface area contributed by atoms with Crippen LogP contribution in [0.1, 0.15) is 37.9 Å². The summed E-state index contributed by atoms with van der Waals surface area (Å²) in [7, 11) is 0. The lowest BCUT2D eigenvalue weighted by Crippen LogP contribution is -2.40. The molecule has 0 fully saturated rings. The molecule has 0 saturated heterocycles. The van der Waals surface area contributed by atoms with Crippen LogP contribution in [0.3, 0.4) is 0 Å². The molecule has 2 unspecified atom stereocenters. The number of benzene rings is 2. The largest absolute Gasteiger partial charge is 0.463 e. The lowest BCUT2D eigenvalue weighted by Gasteiger charge is -2.24. The Labute approximate surface area is 227 Å². The number of aromatic nitrogens is 1. The Morgan fingerprint density at radius 2 is 1.87 bits per heavy atom. The molecule has 0 saturated carbocycles. The van der Waals surface area contributed by atoms with Crippen LogP contribution < -0.4 is 19.6 Å². The van der Waals surface area contributed by atoms with Crippen molar-refractivity contribution in [3.63, 3.8) is 0 Å². The fraction of sp³-hybridized carbons (Fsp3) is 0.241. The molecule has 9 nitrogen and oxygen atoms in total. The average molecular weight is 547 g/mol. The van der Waals surface area contributed by atoms with E-state index >= 15 is 0 Å². The normalized spacial score (nSPS) is 18.4. The van der Waals surface area contributed by atoms with Crippen molar-refractivity contribution in [2.75, 3.05) is 6.61 Å². The van der Waals surface area contributed by atoms with Crippen molar-refractivity contribution in [2.45, 2.75) is 39.5 Å². The summed E-state index contributed by atoms with van der Waals surface area (Å²) < 4.78 is 24.3. The Bertz CT molecular complexity index is 1670. The van der Waals surface area contributed by atoms with Crippen molar-refractivity contribution in [2.24, 2.45) is 4.99 Å². The Hall–Kier alpha value is -4.44. The van der Waals surface area contributed by atoms with Crippen molar-refractivity contribution < 1.29 is 28.5 Å². The van der Waals surface area contributed by atoms with Crippen LogP contribution in [0.5, 0.6) is 5.75 Å². The molecule has 0 amide bonds. The van der Waals surface area contributed by atoms with Crippen LogP contribution in [-0.4, -0.2) is 29.4 Å². The van der Waals surface area contributed by atoms with E-state index in [0.717, 1.165) is 16.9 Å². The Balaban J connectivity index is 1.57. The first-order chi connectivity index (χ1) is 18.9. The second kappa shape index (κ2) is 11.1. The molecule has 0 spiro atoms. The number of allylic oxidation sites excluding steroid dienone is 2. The number of rotatable bonds is 7. The number of fused-ring (bicyclic) bond motifs is 1. The van der Waals surface area contributed by atoms with E-state index in [1.54, 1.807) is 44.2 Å². The maximum absolute atomic E-state index is 13.8. The number of para-hydroxylation sites is 1. The van der Waals surface area contributed by atoms with Gasteiger partial charge in [0, 0.05) is 18.9 Å². The van der Waals surface area contributed by atoms with Crippen molar-refractivity contribution in [1.82, 2.24) is 4.57 Å². The minimum Gasteiger partial charge on any atom is -0.463 e. The third kappa shape index (κ3) is 5.42. The van der Waals surface area contributed by atoms with Crippen molar-refractivity contribution >= 4 is 29.4 Å². The molecule has 2 aliphatic heterocycles. The molecule has 3 aromatic rings. The standard InChI is InChI=1S/C29H26N2O7S/c1-4-35-28(34)25-17(2)30-29-31(26(25)22-16-36-24(38-22)14-19-10-6-5-7-11-19)27(33)23(39-29)15-20-12-8-9-13-21(20)37-18(3)32/h5-13,15-16,24,26H,4,14H2,1-3H3. The molecule has 200 valence electrons. The first kappa shape index (κ1) is 26.2. The first-order valence-corrected chi connectivity index (χ1v) is 13.2. The lowest BCUT2D eigenvalue weighted by molar-refractivity contribution is -0.139. The van der Waals surface area contributed by atoms with Crippen molar-refractivity contribution in [3.8, 4) is 5.75 Å². The van der Waals surface area contributed by atoms with Crippen LogP contribution in [0.4, 0.5) is 0 Å². The predicted octanol–water partition coefficient (Wildman–Crippen LogP) is 3.13. The minimum atomic E-state index is -0.924. The van der Waals surface area contributed by atoms with Crippen LogP contribution in [0.2, 0.25) is 0 Å². The van der Waals surface area contributed by atoms with Gasteiger partial charge in [0.05, 0.1) is 22.4 Å². The zero-order valence-electron chi connectivity index (χ0n) is 21.6. The summed E-state index contributed by atoms with van der Waals surface area (Å²) in [5.41, 5.74) is 1.81. The van der Waals surface area contributed by atoms with E-state index in [4.69, 9.17) is 18.9 Å². The molecule has 0 radical (unpaired) electrons. The molecule has 2 atom stereocenters. The summed E-state index contributed by atoms with van der Waals surface area (Å²) in [6.45, 7) is 4.88. The molecule has 39 heavy (non-hydrogen) atoms. The number of ether oxygens (including phenoxy) is 4. The lowest BCUT2D eigenvalue weighted by atomic mass is 10.0. The molecule has 3 heterocycles. The van der Waals surface area contributed by atoms with Gasteiger partial charge in [-0.15, -0.1) is 0 Å². The van der Waals surface area contributed by atoms with E-state index in [-0.39, 0.29) is 17.7 Å². The van der Waals surface area contributed by atoms with Gasteiger partial charge in [0.25, 0.3) is 5.56 Å². The zero-order valence-corrected chi connectivity index (χ0v) is 22.4. The summed E-state index contributed by atoms with van der Waals surface area (Å²) in [6, 6.07) is 15.7. The molecule has 0 N–H and O–H groups in total. The van der Waals surface area contributed by atoms with Gasteiger partial charge in [-0.2, -0.15) is 0 Å². The van der Waals surface area contributed by atoms with Gasteiger partial charge in [0.2, 0.25) is 6.29 Å². The maximum Gasteiger partial charge on any atom is 0.338 e. The van der Waals surface area contributed by atoms with E-state index in [2.05, 4.69) is 4.99 Å². The highest BCUT2D eigenvalue weighted by atomic mass is 32.1. The van der Waals surface area contributed by atoms with Gasteiger partial charge in [-0.3, -0.25) is 14.2 Å². The van der Waals surface area contributed by atoms with Gasteiger partial charge in [-0.1, -0.05) is 59.9 Å². The molecule has 2 aliphatic rings. The van der Waals surface area contributed by atoms with Crippen LogP contribution in [0.15, 0.2) is 87.7 Å². The molecular formula is C29H26N2O7S. The van der Waals surface area contributed by atoms with E-state index in [0.29, 0.717) is 38.5 Å². The second-order valence-corrected chi connectivity index (χ2v) is 9.84. The number of hydrogen-bond donors (Lipinski definition) is 0. The fourth-order valence-electron chi connectivity index (χ4n) is 4.42. The molecule has 10 heteroatoms. The van der Waals surface area contributed by atoms with Gasteiger partial charge >= 0.3 is 11.9 Å². The minimum absolute atomic E-state index is 0.159. The van der Waals surface area contributed by atoms with E-state index < -0.39 is 24.3 Å². The van der Waals surface area contributed by atoms with E-state index in [9.17, 15) is 14.4 Å². The number of thiazole rings is 1. The monoisotopic (exact) mass is 546 g/mol. The number of carbonyl (C=O) groups excluding carboxylic acids is 2. The highest BCUT2D eigenvalue weighted by Crippen LogP contribution is 2.35. The first-order valence-electron chi connectivity index (χ1n) is 12.4. The summed E-state index contributed by atoms with van der Waals surface area (Å²) >= 11 is 1.16. The summed E-state index contributed by atoms with van der Waals surface area (Å²) in [5.74, 6) is -0.423. The number of nitrogens with zero attached hydrogens (tertiary/aromatic N) is 2. The van der Waals surface area contributed by atoms with Crippen LogP contribution in [0, 0.1) is 0 Å². The Morgan fingerprint density at radius 1 is 1.13 bits per heavy atom. The Kier molecular flexibility index (Phi) is 7.47. The quantitative estimate of drug-likeness (QED) is 0.331. The number of carbonyl (C=O) groups is 2. The topological polar surface area (TPSA) is 105 Å². The van der Waals surface area contributed by atoms with Gasteiger partial charge in [0.15, 0.2) is 10.6 Å². The summed E-state index contributed by atoms with van der Waals surface area (Å²) in [6.07, 6.45) is 2.95. The van der Waals surface area contributed by atoms with Crippen LogP contribution >= 0.6 is 11.3 Å². The van der Waals surface area contributed by atoms with Gasteiger partial charge in [-0.05, 0) is 31.6 Å². The Morgan fingerprint density at radius 3 is 2.62 bits per heavy atom.